The Hall–Kier alpha value is -3.45. The van der Waals surface area contributed by atoms with Gasteiger partial charge >= 0.3 is 5.97 Å². The SMILES string of the molecule is COc1ccc(S(=O)(=O)N2CCN(C[C@@H](O)COc3cccc4ncccc34)CC2C(=O)O)cc1OC. The van der Waals surface area contributed by atoms with Gasteiger partial charge in [-0.15, -0.1) is 0 Å². The van der Waals surface area contributed by atoms with Crippen LogP contribution in [0.15, 0.2) is 59.6 Å². The Bertz CT molecular complexity index is 1360. The van der Waals surface area contributed by atoms with Gasteiger partial charge < -0.3 is 24.4 Å². The highest BCUT2D eigenvalue weighted by molar-refractivity contribution is 7.89. The van der Waals surface area contributed by atoms with Crippen molar-refractivity contribution in [3.63, 3.8) is 0 Å². The standard InChI is InChI=1S/C25H29N3O8S/c1-34-23-9-8-18(13-24(23)35-2)37(32,33)28-12-11-27(15-21(28)25(30)31)14-17(29)16-36-22-7-3-6-20-19(22)5-4-10-26-20/h3-10,13,17,21,29H,11-12,14-16H2,1-2H3,(H,30,31)/t17-,21?/m1/s1. The lowest BCUT2D eigenvalue weighted by atomic mass is 10.2. The number of rotatable bonds is 10. The van der Waals surface area contributed by atoms with Crippen molar-refractivity contribution in [3.8, 4) is 17.2 Å². The van der Waals surface area contributed by atoms with E-state index in [0.29, 0.717) is 11.5 Å². The summed E-state index contributed by atoms with van der Waals surface area (Å²) in [7, 11) is -1.31. The number of hydrogen-bond donors (Lipinski definition) is 2. The number of carbonyl (C=O) groups is 1. The molecule has 3 aromatic rings. The van der Waals surface area contributed by atoms with Crippen LogP contribution in [0.25, 0.3) is 10.9 Å². The second-order valence-corrected chi connectivity index (χ2v) is 10.4. The highest BCUT2D eigenvalue weighted by Gasteiger charge is 2.40. The summed E-state index contributed by atoms with van der Waals surface area (Å²) in [5, 5.41) is 21.2. The van der Waals surface area contributed by atoms with Crippen molar-refractivity contribution in [2.24, 2.45) is 0 Å². The number of aliphatic hydroxyl groups is 1. The van der Waals surface area contributed by atoms with Gasteiger partial charge in [0.25, 0.3) is 0 Å². The van der Waals surface area contributed by atoms with Crippen molar-refractivity contribution < 1.29 is 37.6 Å². The van der Waals surface area contributed by atoms with Crippen molar-refractivity contribution >= 4 is 26.9 Å². The third-order valence-corrected chi connectivity index (χ3v) is 8.07. The van der Waals surface area contributed by atoms with E-state index in [1.165, 1.54) is 32.4 Å². The topological polar surface area (TPSA) is 139 Å². The molecule has 1 unspecified atom stereocenters. The van der Waals surface area contributed by atoms with Crippen LogP contribution in [0.3, 0.4) is 0 Å². The molecule has 4 rings (SSSR count). The molecule has 0 saturated carbocycles. The van der Waals surface area contributed by atoms with E-state index in [-0.39, 0.29) is 43.4 Å². The molecule has 37 heavy (non-hydrogen) atoms. The number of carboxylic acid groups (broad SMARTS) is 1. The number of fused-ring (bicyclic) bond motifs is 1. The molecule has 1 aliphatic heterocycles. The molecule has 2 aromatic carbocycles. The minimum Gasteiger partial charge on any atom is -0.493 e. The van der Waals surface area contributed by atoms with Gasteiger partial charge in [-0.3, -0.25) is 14.7 Å². The second kappa shape index (κ2) is 11.3. The lowest BCUT2D eigenvalue weighted by Crippen LogP contribution is -2.59. The largest absolute Gasteiger partial charge is 0.493 e. The molecule has 12 heteroatoms. The van der Waals surface area contributed by atoms with Gasteiger partial charge in [-0.2, -0.15) is 4.31 Å². The lowest BCUT2D eigenvalue weighted by molar-refractivity contribution is -0.143. The van der Waals surface area contributed by atoms with E-state index in [2.05, 4.69) is 4.98 Å². The normalized spacial score (nSPS) is 17.9. The molecule has 11 nitrogen and oxygen atoms in total. The monoisotopic (exact) mass is 531 g/mol. The molecule has 0 aliphatic carbocycles. The van der Waals surface area contributed by atoms with Crippen molar-refractivity contribution in [2.75, 3.05) is 47.0 Å². The first-order valence-electron chi connectivity index (χ1n) is 11.6. The average Bonchev–Trinajstić information content (AvgIpc) is 2.91. The van der Waals surface area contributed by atoms with Crippen LogP contribution in [0.2, 0.25) is 0 Å². The Morgan fingerprint density at radius 1 is 1.08 bits per heavy atom. The molecular weight excluding hydrogens is 502 g/mol. The molecule has 2 atom stereocenters. The van der Waals surface area contributed by atoms with E-state index in [0.717, 1.165) is 15.2 Å². The predicted octanol–water partition coefficient (Wildman–Crippen LogP) is 1.45. The number of aliphatic carboxylic acids is 1. The number of aliphatic hydroxyl groups excluding tert-OH is 1. The number of methoxy groups -OCH3 is 2. The van der Waals surface area contributed by atoms with Gasteiger partial charge in [0.15, 0.2) is 11.5 Å². The van der Waals surface area contributed by atoms with Crippen LogP contribution in [-0.2, 0) is 14.8 Å². The number of hydrogen-bond acceptors (Lipinski definition) is 9. The fourth-order valence-electron chi connectivity index (χ4n) is 4.33. The molecule has 2 heterocycles. The van der Waals surface area contributed by atoms with Gasteiger partial charge in [-0.1, -0.05) is 6.07 Å². The third kappa shape index (κ3) is 5.77. The Labute approximate surface area is 214 Å². The summed E-state index contributed by atoms with van der Waals surface area (Å²) in [6, 6.07) is 11.9. The molecular formula is C25H29N3O8S. The highest BCUT2D eigenvalue weighted by atomic mass is 32.2. The van der Waals surface area contributed by atoms with E-state index in [1.54, 1.807) is 23.2 Å². The summed E-state index contributed by atoms with van der Waals surface area (Å²) < 4.78 is 43.8. The smallest absolute Gasteiger partial charge is 0.323 e. The first-order chi connectivity index (χ1) is 17.7. The maximum Gasteiger partial charge on any atom is 0.323 e. The summed E-state index contributed by atoms with van der Waals surface area (Å²) in [5.74, 6) is -0.113. The molecule has 0 amide bonds. The van der Waals surface area contributed by atoms with Gasteiger partial charge in [0.2, 0.25) is 10.0 Å². The van der Waals surface area contributed by atoms with Crippen LogP contribution in [-0.4, -0.2) is 97.9 Å². The van der Waals surface area contributed by atoms with E-state index in [4.69, 9.17) is 14.2 Å². The molecule has 0 bridgehead atoms. The number of aromatic nitrogens is 1. The molecule has 0 spiro atoms. The summed E-state index contributed by atoms with van der Waals surface area (Å²) in [4.78, 5) is 18.0. The van der Waals surface area contributed by atoms with Crippen LogP contribution in [0.4, 0.5) is 0 Å². The molecule has 2 N–H and O–H groups in total. The number of piperazine rings is 1. The zero-order valence-electron chi connectivity index (χ0n) is 20.5. The Morgan fingerprint density at radius 3 is 2.59 bits per heavy atom. The predicted molar refractivity (Wildman–Crippen MR) is 135 cm³/mol. The van der Waals surface area contributed by atoms with E-state index >= 15 is 0 Å². The van der Waals surface area contributed by atoms with Crippen LogP contribution in [0, 0.1) is 0 Å². The minimum atomic E-state index is -4.14. The molecule has 1 aliphatic rings. The van der Waals surface area contributed by atoms with Gasteiger partial charge in [0.1, 0.15) is 24.5 Å². The van der Waals surface area contributed by atoms with Crippen LogP contribution in [0.1, 0.15) is 0 Å². The molecule has 1 saturated heterocycles. The fraction of sp³-hybridized carbons (Fsp3) is 0.360. The molecule has 0 radical (unpaired) electrons. The van der Waals surface area contributed by atoms with Gasteiger partial charge in [-0.05, 0) is 36.4 Å². The first-order valence-corrected chi connectivity index (χ1v) is 13.0. The maximum atomic E-state index is 13.3. The summed E-state index contributed by atoms with van der Waals surface area (Å²) in [6.45, 7) is 0.200. The van der Waals surface area contributed by atoms with Crippen LogP contribution < -0.4 is 14.2 Å². The number of β-amino-alcohol motifs (C(OH)–C–C–N with tert-alkyl or cyclic N) is 1. The highest BCUT2D eigenvalue weighted by Crippen LogP contribution is 2.32. The van der Waals surface area contributed by atoms with Crippen LogP contribution in [0.5, 0.6) is 17.2 Å². The average molecular weight is 532 g/mol. The van der Waals surface area contributed by atoms with Crippen molar-refractivity contribution in [1.82, 2.24) is 14.2 Å². The first kappa shape index (κ1) is 26.6. The lowest BCUT2D eigenvalue weighted by Gasteiger charge is -2.39. The van der Waals surface area contributed by atoms with Gasteiger partial charge in [0.05, 0.1) is 24.6 Å². The Morgan fingerprint density at radius 2 is 1.86 bits per heavy atom. The number of benzene rings is 2. The van der Waals surface area contributed by atoms with E-state index in [1.807, 2.05) is 18.2 Å². The zero-order chi connectivity index (χ0) is 26.6. The van der Waals surface area contributed by atoms with Gasteiger partial charge in [-0.25, -0.2) is 8.42 Å². The zero-order valence-corrected chi connectivity index (χ0v) is 21.3. The molecule has 1 aromatic heterocycles. The summed E-state index contributed by atoms with van der Waals surface area (Å²) in [6.07, 6.45) is 0.764. The minimum absolute atomic E-state index is 0.0180. The Balaban J connectivity index is 1.42. The van der Waals surface area contributed by atoms with E-state index < -0.39 is 28.1 Å². The van der Waals surface area contributed by atoms with Crippen molar-refractivity contribution in [1.29, 1.82) is 0 Å². The van der Waals surface area contributed by atoms with Gasteiger partial charge in [0, 0.05) is 43.8 Å². The van der Waals surface area contributed by atoms with E-state index in [9.17, 15) is 23.4 Å². The summed E-state index contributed by atoms with van der Waals surface area (Å²) in [5.41, 5.74) is 0.769. The Kier molecular flexibility index (Phi) is 8.13. The van der Waals surface area contributed by atoms with Crippen LogP contribution >= 0.6 is 0 Å². The second-order valence-electron chi connectivity index (χ2n) is 8.54. The summed E-state index contributed by atoms with van der Waals surface area (Å²) >= 11 is 0. The van der Waals surface area contributed by atoms with Crippen molar-refractivity contribution in [3.05, 3.63) is 54.7 Å². The molecule has 198 valence electrons. The number of nitrogens with zero attached hydrogens (tertiary/aromatic N) is 3. The quantitative estimate of drug-likeness (QED) is 0.395. The third-order valence-electron chi connectivity index (χ3n) is 6.17. The number of carboxylic acids is 1. The van der Waals surface area contributed by atoms with Crippen molar-refractivity contribution in [2.45, 2.75) is 17.0 Å². The number of ether oxygens (including phenoxy) is 3. The number of sulfonamides is 1. The number of pyridine rings is 1. The molecule has 1 fully saturated rings. The fourth-order valence-corrected chi connectivity index (χ4v) is 5.91. The maximum absolute atomic E-state index is 13.3.